The van der Waals surface area contributed by atoms with Crippen molar-refractivity contribution in [3.8, 4) is 0 Å². The quantitative estimate of drug-likeness (QED) is 0.532. The summed E-state index contributed by atoms with van der Waals surface area (Å²) < 4.78 is 42.2. The zero-order valence-corrected chi connectivity index (χ0v) is 17.5. The van der Waals surface area contributed by atoms with Crippen LogP contribution in [-0.4, -0.2) is 75.6 Å². The molecule has 1 rings (SSSR count). The summed E-state index contributed by atoms with van der Waals surface area (Å²) in [6.45, 7) is 2.09. The summed E-state index contributed by atoms with van der Waals surface area (Å²) in [5.41, 5.74) is 0.621. The molecule has 0 saturated carbocycles. The van der Waals surface area contributed by atoms with Crippen LogP contribution < -0.4 is 5.32 Å². The van der Waals surface area contributed by atoms with Crippen molar-refractivity contribution >= 4 is 21.8 Å². The van der Waals surface area contributed by atoms with Crippen LogP contribution in [0.3, 0.4) is 0 Å². The van der Waals surface area contributed by atoms with Gasteiger partial charge in [-0.3, -0.25) is 9.59 Å². The molecule has 0 saturated heterocycles. The molecule has 0 aliphatic carbocycles. The van der Waals surface area contributed by atoms with Crippen molar-refractivity contribution in [3.63, 3.8) is 0 Å². The maximum atomic E-state index is 13.1. The van der Waals surface area contributed by atoms with Gasteiger partial charge in [-0.05, 0) is 31.0 Å². The molecule has 8 nitrogen and oxygen atoms in total. The first kappa shape index (κ1) is 24.0. The molecule has 0 unspecified atom stereocenters. The number of halogens is 1. The fourth-order valence-electron chi connectivity index (χ4n) is 2.34. The highest BCUT2D eigenvalue weighted by Gasteiger charge is 2.28. The molecule has 2 amide bonds. The van der Waals surface area contributed by atoms with Crippen LogP contribution in [0.25, 0.3) is 0 Å². The van der Waals surface area contributed by atoms with Crippen LogP contribution in [0.5, 0.6) is 0 Å². The standard InChI is InChI=1S/C18H28FN3O5S/c1-14(18(24)20-10-5-11-27-3)22(12-15-6-8-16(19)9-7-15)17(23)13-21(2)28(4,25)26/h6-9,14H,5,10-13H2,1-4H3,(H,20,24)/t14-/m0/s1. The number of amides is 2. The van der Waals surface area contributed by atoms with Gasteiger partial charge in [0.2, 0.25) is 21.8 Å². The van der Waals surface area contributed by atoms with Gasteiger partial charge in [0.15, 0.2) is 0 Å². The lowest BCUT2D eigenvalue weighted by molar-refractivity contribution is -0.140. The number of methoxy groups -OCH3 is 1. The number of hydrogen-bond donors (Lipinski definition) is 1. The van der Waals surface area contributed by atoms with Gasteiger partial charge in [-0.25, -0.2) is 12.8 Å². The number of rotatable bonds is 11. The summed E-state index contributed by atoms with van der Waals surface area (Å²) in [4.78, 5) is 26.5. The van der Waals surface area contributed by atoms with Crippen LogP contribution in [0, 0.1) is 5.82 Å². The predicted octanol–water partition coefficient (Wildman–Crippen LogP) is 0.587. The van der Waals surface area contributed by atoms with E-state index < -0.39 is 34.3 Å². The highest BCUT2D eigenvalue weighted by Crippen LogP contribution is 2.12. The lowest BCUT2D eigenvalue weighted by atomic mass is 10.1. The second-order valence-electron chi connectivity index (χ2n) is 6.48. The molecule has 0 aliphatic rings. The first-order chi connectivity index (χ1) is 13.1. The second-order valence-corrected chi connectivity index (χ2v) is 8.57. The van der Waals surface area contributed by atoms with Crippen molar-refractivity contribution in [2.45, 2.75) is 25.9 Å². The maximum Gasteiger partial charge on any atom is 0.242 e. The number of nitrogens with one attached hydrogen (secondary N) is 1. The Morgan fingerprint density at radius 1 is 1.25 bits per heavy atom. The fourth-order valence-corrected chi connectivity index (χ4v) is 2.69. The van der Waals surface area contributed by atoms with Gasteiger partial charge in [0, 0.05) is 33.9 Å². The van der Waals surface area contributed by atoms with Crippen LogP contribution >= 0.6 is 0 Å². The van der Waals surface area contributed by atoms with Crippen molar-refractivity contribution in [2.24, 2.45) is 0 Å². The van der Waals surface area contributed by atoms with E-state index in [1.54, 1.807) is 14.0 Å². The van der Waals surface area contributed by atoms with Crippen molar-refractivity contribution in [2.75, 3.05) is 40.1 Å². The molecule has 1 N–H and O–H groups in total. The summed E-state index contributed by atoms with van der Waals surface area (Å²) in [6.07, 6.45) is 1.62. The third-order valence-electron chi connectivity index (χ3n) is 4.18. The van der Waals surface area contributed by atoms with E-state index in [4.69, 9.17) is 4.74 Å². The number of likely N-dealkylation sites (N-methyl/N-ethyl adjacent to an activating group) is 1. The number of carbonyl (C=O) groups excluding carboxylic acids is 2. The summed E-state index contributed by atoms with van der Waals surface area (Å²) in [7, 11) is -0.703. The van der Waals surface area contributed by atoms with Crippen LogP contribution in [0.2, 0.25) is 0 Å². The summed E-state index contributed by atoms with van der Waals surface area (Å²) >= 11 is 0. The van der Waals surface area contributed by atoms with Crippen LogP contribution in [0.4, 0.5) is 4.39 Å². The summed E-state index contributed by atoms with van der Waals surface area (Å²) in [5.74, 6) is -1.31. The van der Waals surface area contributed by atoms with E-state index in [2.05, 4.69) is 5.32 Å². The number of carbonyl (C=O) groups is 2. The Kier molecular flexibility index (Phi) is 9.50. The average molecular weight is 418 g/mol. The third kappa shape index (κ3) is 7.91. The van der Waals surface area contributed by atoms with E-state index >= 15 is 0 Å². The van der Waals surface area contributed by atoms with Crippen molar-refractivity contribution in [1.82, 2.24) is 14.5 Å². The van der Waals surface area contributed by atoms with Gasteiger partial charge in [-0.1, -0.05) is 12.1 Å². The second kappa shape index (κ2) is 11.1. The van der Waals surface area contributed by atoms with Crippen molar-refractivity contribution in [3.05, 3.63) is 35.6 Å². The first-order valence-corrected chi connectivity index (χ1v) is 10.6. The number of sulfonamides is 1. The Morgan fingerprint density at radius 3 is 2.39 bits per heavy atom. The van der Waals surface area contributed by atoms with Crippen LogP contribution in [0.1, 0.15) is 18.9 Å². The largest absolute Gasteiger partial charge is 0.385 e. The molecule has 0 spiro atoms. The topological polar surface area (TPSA) is 96.0 Å². The van der Waals surface area contributed by atoms with E-state index in [0.29, 0.717) is 25.1 Å². The molecular formula is C18H28FN3O5S. The Hall–Kier alpha value is -2.04. The molecule has 1 aromatic rings. The fraction of sp³-hybridized carbons (Fsp3) is 0.556. The molecule has 1 atom stereocenters. The molecule has 0 fully saturated rings. The highest BCUT2D eigenvalue weighted by atomic mass is 32.2. The van der Waals surface area contributed by atoms with Gasteiger partial charge in [0.1, 0.15) is 11.9 Å². The van der Waals surface area contributed by atoms with E-state index in [-0.39, 0.29) is 12.5 Å². The molecule has 0 aliphatic heterocycles. The summed E-state index contributed by atoms with van der Waals surface area (Å²) in [6, 6.07) is 4.71. The Morgan fingerprint density at radius 2 is 1.86 bits per heavy atom. The Labute approximate surface area is 165 Å². The minimum absolute atomic E-state index is 0.0450. The van der Waals surface area contributed by atoms with Gasteiger partial charge in [-0.2, -0.15) is 4.31 Å². The molecule has 0 bridgehead atoms. The molecule has 158 valence electrons. The van der Waals surface area contributed by atoms with Crippen LogP contribution in [0.15, 0.2) is 24.3 Å². The number of benzene rings is 1. The Balaban J connectivity index is 2.93. The minimum atomic E-state index is -3.55. The third-order valence-corrected chi connectivity index (χ3v) is 5.44. The van der Waals surface area contributed by atoms with Gasteiger partial charge in [-0.15, -0.1) is 0 Å². The maximum absolute atomic E-state index is 13.1. The molecule has 1 aromatic carbocycles. The van der Waals surface area contributed by atoms with E-state index in [9.17, 15) is 22.4 Å². The zero-order valence-electron chi connectivity index (χ0n) is 16.6. The molecule has 28 heavy (non-hydrogen) atoms. The smallest absolute Gasteiger partial charge is 0.242 e. The first-order valence-electron chi connectivity index (χ1n) is 8.78. The van der Waals surface area contributed by atoms with Gasteiger partial charge >= 0.3 is 0 Å². The van der Waals surface area contributed by atoms with Gasteiger partial charge in [0.05, 0.1) is 12.8 Å². The highest BCUT2D eigenvalue weighted by molar-refractivity contribution is 7.88. The minimum Gasteiger partial charge on any atom is -0.385 e. The zero-order chi connectivity index (χ0) is 21.3. The SMILES string of the molecule is COCCCNC(=O)[C@H](C)N(Cc1ccc(F)cc1)C(=O)CN(C)S(C)(=O)=O. The molecule has 10 heteroatoms. The molecule has 0 aromatic heterocycles. The predicted molar refractivity (Wildman–Crippen MR) is 103 cm³/mol. The van der Waals surface area contributed by atoms with Crippen molar-refractivity contribution in [1.29, 1.82) is 0 Å². The number of hydrogen-bond acceptors (Lipinski definition) is 5. The molecule has 0 heterocycles. The Bertz CT molecular complexity index is 755. The lowest BCUT2D eigenvalue weighted by Gasteiger charge is -2.30. The normalized spacial score (nSPS) is 12.6. The van der Waals surface area contributed by atoms with Crippen molar-refractivity contribution < 1.29 is 27.1 Å². The number of nitrogens with zero attached hydrogens (tertiary/aromatic N) is 2. The number of ether oxygens (including phenoxy) is 1. The van der Waals surface area contributed by atoms with E-state index in [1.807, 2.05) is 0 Å². The van der Waals surface area contributed by atoms with Gasteiger partial charge in [0.25, 0.3) is 0 Å². The van der Waals surface area contributed by atoms with E-state index in [1.165, 1.54) is 36.2 Å². The van der Waals surface area contributed by atoms with E-state index in [0.717, 1.165) is 10.6 Å². The average Bonchev–Trinajstić information content (AvgIpc) is 2.63. The molecule has 0 radical (unpaired) electrons. The summed E-state index contributed by atoms with van der Waals surface area (Å²) in [5, 5.41) is 2.73. The molecular weight excluding hydrogens is 389 g/mol. The van der Waals surface area contributed by atoms with Gasteiger partial charge < -0.3 is 15.0 Å². The van der Waals surface area contributed by atoms with Crippen LogP contribution in [-0.2, 0) is 30.9 Å². The monoisotopic (exact) mass is 417 g/mol. The lowest BCUT2D eigenvalue weighted by Crippen LogP contribution is -2.50.